The fraction of sp³-hybridized carbons (Fsp3) is 0.196. The fourth-order valence-electron chi connectivity index (χ4n) is 7.88. The van der Waals surface area contributed by atoms with Crippen molar-refractivity contribution in [1.82, 2.24) is 25.1 Å². The molecule has 0 aliphatic carbocycles. The van der Waals surface area contributed by atoms with Crippen LogP contribution in [0.3, 0.4) is 0 Å². The Morgan fingerprint density at radius 3 is 1.25 bits per heavy atom. The molecule has 7 rings (SSSR count). The van der Waals surface area contributed by atoms with E-state index in [1.807, 2.05) is 41.3 Å². The maximum Gasteiger partial charge on any atom is 0.381 e. The van der Waals surface area contributed by atoms with Crippen LogP contribution in [0.25, 0.3) is 0 Å². The second-order valence-electron chi connectivity index (χ2n) is 14.9. The predicted molar refractivity (Wildman–Crippen MR) is 255 cm³/mol. The molecule has 0 spiro atoms. The first kappa shape index (κ1) is 44.6. The summed E-state index contributed by atoms with van der Waals surface area (Å²) in [6.45, 7) is 1.42. The van der Waals surface area contributed by atoms with Gasteiger partial charge in [-0.05, 0) is 43.3 Å². The van der Waals surface area contributed by atoms with Crippen LogP contribution >= 0.6 is 23.5 Å². The highest BCUT2D eigenvalue weighted by Gasteiger charge is 2.38. The van der Waals surface area contributed by atoms with Crippen molar-refractivity contribution in [2.45, 2.75) is 16.0 Å². The van der Waals surface area contributed by atoms with E-state index in [2.05, 4.69) is 161 Å². The SMILES string of the molecule is O=C(CN(CCSC(c1ccccc1)(c1ccccc1)c1ccccc1)CC(=O)NCCn1cnc([N+](=O)[O-])c1)NCCSC(c1ccccc1)(c1ccccc1)c1ccccc1. The number of aromatic nitrogens is 2. The second kappa shape index (κ2) is 22.1. The third kappa shape index (κ3) is 11.1. The Morgan fingerprint density at radius 1 is 0.556 bits per heavy atom. The highest BCUT2D eigenvalue weighted by Crippen LogP contribution is 2.49. The lowest BCUT2D eigenvalue weighted by Crippen LogP contribution is -2.45. The minimum Gasteiger partial charge on any atom is -0.358 e. The lowest BCUT2D eigenvalue weighted by atomic mass is 9.84. The average Bonchev–Trinajstić information content (AvgIpc) is 3.82. The summed E-state index contributed by atoms with van der Waals surface area (Å²) in [6.07, 6.45) is 2.71. The molecular formula is C51H50N6O4S2. The number of nitrogens with zero attached hydrogens (tertiary/aromatic N) is 4. The van der Waals surface area contributed by atoms with Gasteiger partial charge in [-0.2, -0.15) is 0 Å². The van der Waals surface area contributed by atoms with Gasteiger partial charge in [-0.15, -0.1) is 23.5 Å². The molecular weight excluding hydrogens is 825 g/mol. The molecule has 0 aliphatic heterocycles. The zero-order chi connectivity index (χ0) is 43.7. The van der Waals surface area contributed by atoms with Gasteiger partial charge in [0.15, 0.2) is 0 Å². The van der Waals surface area contributed by atoms with Gasteiger partial charge in [0.05, 0.1) is 22.6 Å². The van der Waals surface area contributed by atoms with Gasteiger partial charge in [0.25, 0.3) is 0 Å². The lowest BCUT2D eigenvalue weighted by Gasteiger charge is -2.36. The zero-order valence-corrected chi connectivity index (χ0v) is 36.5. The number of hydrogen-bond donors (Lipinski definition) is 2. The average molecular weight is 875 g/mol. The van der Waals surface area contributed by atoms with Gasteiger partial charge in [-0.1, -0.05) is 182 Å². The molecule has 1 heterocycles. The van der Waals surface area contributed by atoms with E-state index in [1.54, 1.807) is 28.1 Å². The lowest BCUT2D eigenvalue weighted by molar-refractivity contribution is -0.389. The monoisotopic (exact) mass is 874 g/mol. The predicted octanol–water partition coefficient (Wildman–Crippen LogP) is 8.78. The van der Waals surface area contributed by atoms with Gasteiger partial charge in [0, 0.05) is 37.7 Å². The Labute approximate surface area is 377 Å². The van der Waals surface area contributed by atoms with Gasteiger partial charge in [-0.25, -0.2) is 0 Å². The van der Waals surface area contributed by atoms with Crippen molar-refractivity contribution in [1.29, 1.82) is 0 Å². The van der Waals surface area contributed by atoms with Crippen LogP contribution in [0.2, 0.25) is 0 Å². The van der Waals surface area contributed by atoms with Crippen molar-refractivity contribution in [3.8, 4) is 0 Å². The summed E-state index contributed by atoms with van der Waals surface area (Å²) < 4.78 is 0.490. The fourth-order valence-corrected chi connectivity index (χ4v) is 10.9. The molecule has 0 saturated heterocycles. The van der Waals surface area contributed by atoms with Crippen molar-refractivity contribution in [3.63, 3.8) is 0 Å². The minimum absolute atomic E-state index is 0.0129. The number of benzene rings is 6. The van der Waals surface area contributed by atoms with E-state index in [0.717, 1.165) is 33.4 Å². The van der Waals surface area contributed by atoms with Crippen LogP contribution in [0.5, 0.6) is 0 Å². The number of hydrogen-bond acceptors (Lipinski definition) is 8. The molecule has 1 aromatic heterocycles. The van der Waals surface area contributed by atoms with E-state index in [9.17, 15) is 19.7 Å². The normalized spacial score (nSPS) is 11.6. The molecule has 2 N–H and O–H groups in total. The second-order valence-corrected chi connectivity index (χ2v) is 17.5. The third-order valence-electron chi connectivity index (χ3n) is 10.8. The first-order chi connectivity index (χ1) is 30.9. The van der Waals surface area contributed by atoms with E-state index in [0.29, 0.717) is 31.1 Å². The van der Waals surface area contributed by atoms with E-state index < -0.39 is 14.4 Å². The molecule has 2 amide bonds. The Balaban J connectivity index is 1.07. The van der Waals surface area contributed by atoms with Gasteiger partial charge >= 0.3 is 5.82 Å². The first-order valence-electron chi connectivity index (χ1n) is 20.9. The maximum atomic E-state index is 13.9. The number of thioether (sulfide) groups is 2. The van der Waals surface area contributed by atoms with Crippen molar-refractivity contribution < 1.29 is 14.5 Å². The van der Waals surface area contributed by atoms with Crippen LogP contribution in [0.1, 0.15) is 33.4 Å². The topological polar surface area (TPSA) is 122 Å². The number of nitrogens with one attached hydrogen (secondary N) is 2. The zero-order valence-electron chi connectivity index (χ0n) is 34.9. The molecule has 0 bridgehead atoms. The molecule has 7 aromatic rings. The molecule has 6 aromatic carbocycles. The number of amides is 2. The van der Waals surface area contributed by atoms with Crippen LogP contribution in [0.4, 0.5) is 5.82 Å². The minimum atomic E-state index is -0.562. The van der Waals surface area contributed by atoms with Gasteiger partial charge in [0.2, 0.25) is 18.1 Å². The molecule has 0 unspecified atom stereocenters. The van der Waals surface area contributed by atoms with Crippen LogP contribution in [-0.2, 0) is 25.6 Å². The van der Waals surface area contributed by atoms with E-state index in [-0.39, 0.29) is 37.3 Å². The number of nitro groups is 1. The molecule has 0 fully saturated rings. The number of carbonyl (C=O) groups is 2. The summed E-state index contributed by atoms with van der Waals surface area (Å²) in [5.41, 5.74) is 6.84. The summed E-state index contributed by atoms with van der Waals surface area (Å²) in [5, 5.41) is 17.2. The van der Waals surface area contributed by atoms with E-state index in [1.165, 1.54) is 12.5 Å². The number of imidazole rings is 1. The summed E-state index contributed by atoms with van der Waals surface area (Å²) in [4.78, 5) is 43.6. The third-order valence-corrected chi connectivity index (χ3v) is 13.9. The molecule has 63 heavy (non-hydrogen) atoms. The standard InChI is InChI=1S/C51H50N6O4S2/c58-48(52-31-33-56-37-47(54-40-56)57(60)61)38-55(34-36-63-51(44-25-13-4-14-26-44,45-27-15-5-16-28-45)46-29-17-6-18-30-46)39-49(59)53-32-35-62-50(41-19-7-1-8-20-41,42-21-9-2-10-22-42)43-23-11-3-12-24-43/h1-30,37,40H,31-36,38-39H2,(H,52,58)(H,53,59). The van der Waals surface area contributed by atoms with Gasteiger partial charge in [-0.3, -0.25) is 14.5 Å². The van der Waals surface area contributed by atoms with Crippen LogP contribution < -0.4 is 10.6 Å². The molecule has 0 atom stereocenters. The molecule has 0 aliphatic rings. The molecule has 12 heteroatoms. The van der Waals surface area contributed by atoms with Gasteiger partial charge in [0.1, 0.15) is 6.20 Å². The summed E-state index contributed by atoms with van der Waals surface area (Å²) in [6, 6.07) is 62.7. The Morgan fingerprint density at radius 2 is 0.905 bits per heavy atom. The smallest absolute Gasteiger partial charge is 0.358 e. The Kier molecular flexibility index (Phi) is 15.6. The summed E-state index contributed by atoms with van der Waals surface area (Å²) in [7, 11) is 0. The maximum absolute atomic E-state index is 13.9. The molecule has 320 valence electrons. The highest BCUT2D eigenvalue weighted by atomic mass is 32.2. The van der Waals surface area contributed by atoms with Crippen molar-refractivity contribution in [2.75, 3.05) is 44.2 Å². The van der Waals surface area contributed by atoms with Crippen molar-refractivity contribution >= 4 is 41.2 Å². The van der Waals surface area contributed by atoms with E-state index >= 15 is 0 Å². The summed E-state index contributed by atoms with van der Waals surface area (Å²) >= 11 is 3.56. The van der Waals surface area contributed by atoms with Crippen LogP contribution in [-0.4, -0.2) is 75.4 Å². The van der Waals surface area contributed by atoms with Gasteiger partial charge < -0.3 is 25.3 Å². The highest BCUT2D eigenvalue weighted by molar-refractivity contribution is 8.00. The van der Waals surface area contributed by atoms with E-state index in [4.69, 9.17) is 0 Å². The first-order valence-corrected chi connectivity index (χ1v) is 22.9. The molecule has 0 radical (unpaired) electrons. The summed E-state index contributed by atoms with van der Waals surface area (Å²) in [5.74, 6) is 0.543. The largest absolute Gasteiger partial charge is 0.381 e. The number of rotatable bonds is 22. The van der Waals surface area contributed by atoms with Crippen molar-refractivity contribution in [3.05, 3.63) is 238 Å². The quantitative estimate of drug-likeness (QED) is 0.0300. The van der Waals surface area contributed by atoms with Crippen molar-refractivity contribution in [2.24, 2.45) is 0 Å². The Hall–Kier alpha value is -6.47. The molecule has 10 nitrogen and oxygen atoms in total. The molecule has 0 saturated carbocycles. The van der Waals surface area contributed by atoms with Crippen LogP contribution in [0, 0.1) is 10.1 Å². The van der Waals surface area contributed by atoms with Crippen LogP contribution in [0.15, 0.2) is 195 Å². The Bertz CT molecular complexity index is 2300. The number of carbonyl (C=O) groups excluding carboxylic acids is 2.